The largest absolute Gasteiger partial charge is 0.368 e. The zero-order valence-electron chi connectivity index (χ0n) is 12.6. The Morgan fingerprint density at radius 2 is 1.67 bits per heavy atom. The van der Waals surface area contributed by atoms with Crippen LogP contribution in [0.1, 0.15) is 10.4 Å². The molecule has 0 saturated carbocycles. The zero-order valence-corrected chi connectivity index (χ0v) is 13.4. The number of carbonyl (C=O) groups is 1. The molecule has 0 radical (unpaired) electrons. The number of benzene rings is 2. The van der Waals surface area contributed by atoms with Gasteiger partial charge >= 0.3 is 0 Å². The van der Waals surface area contributed by atoms with Crippen molar-refractivity contribution in [3.8, 4) is 0 Å². The second-order valence-corrected chi connectivity index (χ2v) is 5.92. The molecule has 1 amide bonds. The van der Waals surface area contributed by atoms with Crippen LogP contribution in [0.2, 0.25) is 5.02 Å². The molecule has 0 aromatic heterocycles. The van der Waals surface area contributed by atoms with Crippen LogP contribution in [0.3, 0.4) is 0 Å². The quantitative estimate of drug-likeness (QED) is 0.767. The van der Waals surface area contributed by atoms with Crippen LogP contribution < -0.4 is 4.90 Å². The molecular formula is C17H14ClF3N2O. The molecule has 1 aliphatic rings. The van der Waals surface area contributed by atoms with Crippen molar-refractivity contribution in [3.63, 3.8) is 0 Å². The first kappa shape index (κ1) is 16.6. The Kier molecular flexibility index (Phi) is 4.66. The van der Waals surface area contributed by atoms with Crippen molar-refractivity contribution in [3.05, 3.63) is 64.4 Å². The van der Waals surface area contributed by atoms with Crippen LogP contribution in [0.15, 0.2) is 36.4 Å². The number of piperazine rings is 1. The molecule has 1 aliphatic heterocycles. The predicted octanol–water partition coefficient (Wildman–Crippen LogP) is 3.72. The number of hydrogen-bond acceptors (Lipinski definition) is 2. The van der Waals surface area contributed by atoms with E-state index in [-0.39, 0.29) is 0 Å². The fraction of sp³-hybridized carbons (Fsp3) is 0.235. The number of anilines is 1. The number of amides is 1. The Hall–Kier alpha value is -2.21. The molecule has 0 unspecified atom stereocenters. The maximum atomic E-state index is 13.8. The van der Waals surface area contributed by atoms with Gasteiger partial charge in [-0.25, -0.2) is 13.2 Å². The molecule has 24 heavy (non-hydrogen) atoms. The van der Waals surface area contributed by atoms with E-state index >= 15 is 0 Å². The molecule has 0 N–H and O–H groups in total. The average Bonchev–Trinajstić information content (AvgIpc) is 2.59. The number of nitrogens with zero attached hydrogens (tertiary/aromatic N) is 2. The van der Waals surface area contributed by atoms with Crippen LogP contribution in [0.25, 0.3) is 0 Å². The number of rotatable bonds is 2. The third-order valence-corrected chi connectivity index (χ3v) is 4.24. The first-order valence-corrected chi connectivity index (χ1v) is 7.78. The standard InChI is InChI=1S/C17H14ClF3N2O/c18-11-2-1-3-12(10-11)22-6-8-23(9-7-22)17(24)13-4-5-14(19)16(21)15(13)20/h1-5,10H,6-9H2. The van der Waals surface area contributed by atoms with Gasteiger partial charge < -0.3 is 9.80 Å². The van der Waals surface area contributed by atoms with Gasteiger partial charge in [0.15, 0.2) is 17.5 Å². The van der Waals surface area contributed by atoms with Crippen molar-refractivity contribution in [2.45, 2.75) is 0 Å². The van der Waals surface area contributed by atoms with Gasteiger partial charge in [-0.2, -0.15) is 0 Å². The van der Waals surface area contributed by atoms with Crippen LogP contribution in [0.5, 0.6) is 0 Å². The summed E-state index contributed by atoms with van der Waals surface area (Å²) in [6, 6.07) is 9.09. The number of hydrogen-bond donors (Lipinski definition) is 0. The average molecular weight is 355 g/mol. The minimum absolute atomic E-state index is 0.351. The second kappa shape index (κ2) is 6.73. The van der Waals surface area contributed by atoms with E-state index in [9.17, 15) is 18.0 Å². The van der Waals surface area contributed by atoms with Crippen molar-refractivity contribution in [2.75, 3.05) is 31.1 Å². The maximum Gasteiger partial charge on any atom is 0.257 e. The normalized spacial score (nSPS) is 14.8. The predicted molar refractivity (Wildman–Crippen MR) is 85.9 cm³/mol. The summed E-state index contributed by atoms with van der Waals surface area (Å²) in [5.41, 5.74) is 0.485. The van der Waals surface area contributed by atoms with E-state index in [1.807, 2.05) is 18.2 Å². The van der Waals surface area contributed by atoms with Crippen molar-refractivity contribution >= 4 is 23.2 Å². The van der Waals surface area contributed by atoms with E-state index in [0.29, 0.717) is 31.2 Å². The highest BCUT2D eigenvalue weighted by Crippen LogP contribution is 2.22. The van der Waals surface area contributed by atoms with E-state index in [1.165, 1.54) is 4.90 Å². The van der Waals surface area contributed by atoms with E-state index in [2.05, 4.69) is 4.90 Å². The van der Waals surface area contributed by atoms with Crippen LogP contribution in [-0.2, 0) is 0 Å². The Balaban J connectivity index is 1.71. The number of halogens is 4. The third-order valence-electron chi connectivity index (χ3n) is 4.01. The molecule has 2 aromatic rings. The van der Waals surface area contributed by atoms with Gasteiger partial charge in [-0.3, -0.25) is 4.79 Å². The smallest absolute Gasteiger partial charge is 0.257 e. The lowest BCUT2D eigenvalue weighted by Gasteiger charge is -2.36. The molecule has 1 saturated heterocycles. The fourth-order valence-corrected chi connectivity index (χ4v) is 2.89. The highest BCUT2D eigenvalue weighted by molar-refractivity contribution is 6.30. The molecule has 2 aromatic carbocycles. The number of carbonyl (C=O) groups excluding carboxylic acids is 1. The van der Waals surface area contributed by atoms with E-state index in [4.69, 9.17) is 11.6 Å². The molecule has 0 aliphatic carbocycles. The third kappa shape index (κ3) is 3.19. The van der Waals surface area contributed by atoms with Crippen molar-refractivity contribution in [1.82, 2.24) is 4.90 Å². The SMILES string of the molecule is O=C(c1ccc(F)c(F)c1F)N1CCN(c2cccc(Cl)c2)CC1. The van der Waals surface area contributed by atoms with E-state index < -0.39 is 28.9 Å². The molecule has 3 rings (SSSR count). The van der Waals surface area contributed by atoms with Gasteiger partial charge in [-0.1, -0.05) is 17.7 Å². The lowest BCUT2D eigenvalue weighted by molar-refractivity contribution is 0.0740. The van der Waals surface area contributed by atoms with Gasteiger partial charge in [-0.15, -0.1) is 0 Å². The highest BCUT2D eigenvalue weighted by Gasteiger charge is 2.26. The summed E-state index contributed by atoms with van der Waals surface area (Å²) < 4.78 is 40.0. The molecular weight excluding hydrogens is 341 g/mol. The molecule has 1 fully saturated rings. The summed E-state index contributed by atoms with van der Waals surface area (Å²) in [5, 5.41) is 0.620. The molecule has 126 valence electrons. The minimum Gasteiger partial charge on any atom is -0.368 e. The zero-order chi connectivity index (χ0) is 17.3. The Morgan fingerprint density at radius 3 is 2.33 bits per heavy atom. The summed E-state index contributed by atoms with van der Waals surface area (Å²) in [7, 11) is 0. The monoisotopic (exact) mass is 354 g/mol. The van der Waals surface area contributed by atoms with Gasteiger partial charge in [0.2, 0.25) is 0 Å². The van der Waals surface area contributed by atoms with Crippen molar-refractivity contribution in [2.24, 2.45) is 0 Å². The topological polar surface area (TPSA) is 23.6 Å². The highest BCUT2D eigenvalue weighted by atomic mass is 35.5. The second-order valence-electron chi connectivity index (χ2n) is 5.48. The molecule has 0 atom stereocenters. The minimum atomic E-state index is -1.63. The van der Waals surface area contributed by atoms with E-state index in [0.717, 1.165) is 17.8 Å². The Bertz CT molecular complexity index is 776. The van der Waals surface area contributed by atoms with Crippen LogP contribution in [-0.4, -0.2) is 37.0 Å². The van der Waals surface area contributed by atoms with Gasteiger partial charge in [0, 0.05) is 36.9 Å². The van der Waals surface area contributed by atoms with Gasteiger partial charge in [0.25, 0.3) is 5.91 Å². The first-order chi connectivity index (χ1) is 11.5. The van der Waals surface area contributed by atoms with Crippen LogP contribution >= 0.6 is 11.6 Å². The van der Waals surface area contributed by atoms with Crippen LogP contribution in [0, 0.1) is 17.5 Å². The molecule has 1 heterocycles. The Labute approximate surface area is 142 Å². The summed E-state index contributed by atoms with van der Waals surface area (Å²) in [6.07, 6.45) is 0. The first-order valence-electron chi connectivity index (χ1n) is 7.40. The lowest BCUT2D eigenvalue weighted by atomic mass is 10.1. The van der Waals surface area contributed by atoms with Gasteiger partial charge in [-0.05, 0) is 30.3 Å². The fourth-order valence-electron chi connectivity index (χ4n) is 2.70. The summed E-state index contributed by atoms with van der Waals surface area (Å²) in [4.78, 5) is 15.8. The molecule has 0 bridgehead atoms. The van der Waals surface area contributed by atoms with E-state index in [1.54, 1.807) is 6.07 Å². The molecule has 7 heteroatoms. The lowest BCUT2D eigenvalue weighted by Crippen LogP contribution is -2.49. The van der Waals surface area contributed by atoms with Crippen molar-refractivity contribution in [1.29, 1.82) is 0 Å². The van der Waals surface area contributed by atoms with Gasteiger partial charge in [0.05, 0.1) is 5.56 Å². The Morgan fingerprint density at radius 1 is 0.958 bits per heavy atom. The summed E-state index contributed by atoms with van der Waals surface area (Å²) >= 11 is 5.97. The molecule has 3 nitrogen and oxygen atoms in total. The maximum absolute atomic E-state index is 13.8. The molecule has 0 spiro atoms. The van der Waals surface area contributed by atoms with Crippen molar-refractivity contribution < 1.29 is 18.0 Å². The van der Waals surface area contributed by atoms with Crippen LogP contribution in [0.4, 0.5) is 18.9 Å². The summed E-state index contributed by atoms with van der Waals surface area (Å²) in [6.45, 7) is 1.78. The van der Waals surface area contributed by atoms with Gasteiger partial charge in [0.1, 0.15) is 0 Å². The summed E-state index contributed by atoms with van der Waals surface area (Å²) in [5.74, 6) is -5.03.